The molecule has 0 fully saturated rings. The van der Waals surface area contributed by atoms with Crippen LogP contribution in [0.4, 0.5) is 5.69 Å². The predicted octanol–water partition coefficient (Wildman–Crippen LogP) is 2.14. The van der Waals surface area contributed by atoms with Gasteiger partial charge in [-0.05, 0) is 43.8 Å². The molecular formula is C18H23N3O3S. The molecule has 7 heteroatoms. The van der Waals surface area contributed by atoms with E-state index < -0.39 is 10.0 Å². The Morgan fingerprint density at radius 3 is 2.44 bits per heavy atom. The monoisotopic (exact) mass is 361 g/mol. The standard InChI is InChI=1S/C18H23N3O3S/c1-3-19-11-12-20-18(22)15-5-4-6-17(13-15)25(23,24)21-16-9-7-14(2)8-10-16/h4-10,13,19,21H,3,11-12H2,1-2H3,(H,20,22). The third-order valence-electron chi connectivity index (χ3n) is 3.55. The number of aryl methyl sites for hydroxylation is 1. The van der Waals surface area contributed by atoms with E-state index in [0.717, 1.165) is 12.1 Å². The molecule has 0 radical (unpaired) electrons. The first-order valence-corrected chi connectivity index (χ1v) is 9.59. The van der Waals surface area contributed by atoms with Gasteiger partial charge in [-0.2, -0.15) is 0 Å². The number of carbonyl (C=O) groups is 1. The number of rotatable bonds is 8. The normalized spacial score (nSPS) is 11.1. The van der Waals surface area contributed by atoms with Crippen LogP contribution in [-0.2, 0) is 10.0 Å². The molecule has 2 rings (SSSR count). The summed E-state index contributed by atoms with van der Waals surface area (Å²) in [5.74, 6) is -0.301. The lowest BCUT2D eigenvalue weighted by Crippen LogP contribution is -2.31. The van der Waals surface area contributed by atoms with Crippen molar-refractivity contribution in [1.29, 1.82) is 0 Å². The molecule has 2 aromatic carbocycles. The van der Waals surface area contributed by atoms with Crippen molar-refractivity contribution in [1.82, 2.24) is 10.6 Å². The van der Waals surface area contributed by atoms with Crippen LogP contribution in [0.25, 0.3) is 0 Å². The first-order chi connectivity index (χ1) is 11.9. The fourth-order valence-electron chi connectivity index (χ4n) is 2.18. The van der Waals surface area contributed by atoms with E-state index in [0.29, 0.717) is 24.3 Å². The molecule has 0 aliphatic rings. The molecule has 25 heavy (non-hydrogen) atoms. The summed E-state index contributed by atoms with van der Waals surface area (Å²) in [4.78, 5) is 12.2. The SMILES string of the molecule is CCNCCNC(=O)c1cccc(S(=O)(=O)Nc2ccc(C)cc2)c1. The van der Waals surface area contributed by atoms with Crippen molar-refractivity contribution in [2.75, 3.05) is 24.4 Å². The van der Waals surface area contributed by atoms with Crippen molar-refractivity contribution < 1.29 is 13.2 Å². The first-order valence-electron chi connectivity index (χ1n) is 8.11. The highest BCUT2D eigenvalue weighted by Gasteiger charge is 2.16. The quantitative estimate of drug-likeness (QED) is 0.629. The van der Waals surface area contributed by atoms with E-state index in [4.69, 9.17) is 0 Å². The number of amides is 1. The second-order valence-electron chi connectivity index (χ2n) is 5.61. The first kappa shape index (κ1) is 19.0. The highest BCUT2D eigenvalue weighted by Crippen LogP contribution is 2.17. The van der Waals surface area contributed by atoms with Crippen LogP contribution in [0.3, 0.4) is 0 Å². The van der Waals surface area contributed by atoms with Gasteiger partial charge in [-0.1, -0.05) is 30.7 Å². The number of nitrogens with one attached hydrogen (secondary N) is 3. The lowest BCUT2D eigenvalue weighted by atomic mass is 10.2. The molecule has 0 heterocycles. The molecule has 0 bridgehead atoms. The molecule has 3 N–H and O–H groups in total. The predicted molar refractivity (Wildman–Crippen MR) is 99.3 cm³/mol. The fraction of sp³-hybridized carbons (Fsp3) is 0.278. The van der Waals surface area contributed by atoms with Crippen LogP contribution in [0, 0.1) is 6.92 Å². The van der Waals surface area contributed by atoms with E-state index in [2.05, 4.69) is 15.4 Å². The van der Waals surface area contributed by atoms with Gasteiger partial charge in [0.15, 0.2) is 0 Å². The molecule has 0 saturated carbocycles. The van der Waals surface area contributed by atoms with Gasteiger partial charge in [0.05, 0.1) is 4.90 Å². The number of sulfonamides is 1. The summed E-state index contributed by atoms with van der Waals surface area (Å²) in [6, 6.07) is 13.0. The highest BCUT2D eigenvalue weighted by atomic mass is 32.2. The van der Waals surface area contributed by atoms with Gasteiger partial charge in [0.25, 0.3) is 15.9 Å². The smallest absolute Gasteiger partial charge is 0.261 e. The Bertz CT molecular complexity index is 818. The summed E-state index contributed by atoms with van der Waals surface area (Å²) in [6.07, 6.45) is 0. The molecule has 0 atom stereocenters. The number of hydrogen-bond donors (Lipinski definition) is 3. The second-order valence-corrected chi connectivity index (χ2v) is 7.29. The number of likely N-dealkylation sites (N-methyl/N-ethyl adjacent to an activating group) is 1. The van der Waals surface area contributed by atoms with Gasteiger partial charge in [-0.15, -0.1) is 0 Å². The molecule has 0 saturated heterocycles. The lowest BCUT2D eigenvalue weighted by molar-refractivity contribution is 0.0953. The zero-order valence-electron chi connectivity index (χ0n) is 14.4. The van der Waals surface area contributed by atoms with E-state index in [1.54, 1.807) is 24.3 Å². The molecule has 0 aliphatic heterocycles. The summed E-state index contributed by atoms with van der Waals surface area (Å²) >= 11 is 0. The third-order valence-corrected chi connectivity index (χ3v) is 4.93. The molecule has 0 aliphatic carbocycles. The summed E-state index contributed by atoms with van der Waals surface area (Å²) in [7, 11) is -3.75. The van der Waals surface area contributed by atoms with Crippen LogP contribution in [0.1, 0.15) is 22.8 Å². The van der Waals surface area contributed by atoms with Gasteiger partial charge in [0.2, 0.25) is 0 Å². The van der Waals surface area contributed by atoms with Crippen molar-refractivity contribution >= 4 is 21.6 Å². The molecule has 2 aromatic rings. The lowest BCUT2D eigenvalue weighted by Gasteiger charge is -2.10. The molecule has 6 nitrogen and oxygen atoms in total. The van der Waals surface area contributed by atoms with Gasteiger partial charge in [0, 0.05) is 24.3 Å². The maximum Gasteiger partial charge on any atom is 0.261 e. The van der Waals surface area contributed by atoms with E-state index in [1.165, 1.54) is 12.1 Å². The van der Waals surface area contributed by atoms with Crippen LogP contribution in [0.2, 0.25) is 0 Å². The van der Waals surface area contributed by atoms with E-state index in [9.17, 15) is 13.2 Å². The van der Waals surface area contributed by atoms with Crippen LogP contribution in [-0.4, -0.2) is 34.0 Å². The van der Waals surface area contributed by atoms with Crippen LogP contribution in [0.15, 0.2) is 53.4 Å². The maximum absolute atomic E-state index is 12.5. The highest BCUT2D eigenvalue weighted by molar-refractivity contribution is 7.92. The van der Waals surface area contributed by atoms with Crippen molar-refractivity contribution in [3.8, 4) is 0 Å². The Morgan fingerprint density at radius 2 is 1.76 bits per heavy atom. The van der Waals surface area contributed by atoms with Gasteiger partial charge in [-0.3, -0.25) is 9.52 Å². The van der Waals surface area contributed by atoms with Crippen LogP contribution in [0.5, 0.6) is 0 Å². The van der Waals surface area contributed by atoms with Gasteiger partial charge in [-0.25, -0.2) is 8.42 Å². The minimum atomic E-state index is -3.75. The van der Waals surface area contributed by atoms with E-state index in [1.807, 2.05) is 26.0 Å². The number of anilines is 1. The van der Waals surface area contributed by atoms with E-state index >= 15 is 0 Å². The van der Waals surface area contributed by atoms with Crippen molar-refractivity contribution in [3.63, 3.8) is 0 Å². The Balaban J connectivity index is 2.10. The van der Waals surface area contributed by atoms with Crippen LogP contribution < -0.4 is 15.4 Å². The molecular weight excluding hydrogens is 338 g/mol. The number of carbonyl (C=O) groups excluding carboxylic acids is 1. The second kappa shape index (κ2) is 8.64. The van der Waals surface area contributed by atoms with Gasteiger partial charge >= 0.3 is 0 Å². The molecule has 0 spiro atoms. The number of hydrogen-bond acceptors (Lipinski definition) is 4. The topological polar surface area (TPSA) is 87.3 Å². The maximum atomic E-state index is 12.5. The van der Waals surface area contributed by atoms with Gasteiger partial charge in [0.1, 0.15) is 0 Å². The minimum absolute atomic E-state index is 0.0485. The van der Waals surface area contributed by atoms with Gasteiger partial charge < -0.3 is 10.6 Å². The molecule has 134 valence electrons. The van der Waals surface area contributed by atoms with Crippen LogP contribution >= 0.6 is 0 Å². The Morgan fingerprint density at radius 1 is 1.04 bits per heavy atom. The summed E-state index contributed by atoms with van der Waals surface area (Å²) in [5, 5.41) is 5.85. The van der Waals surface area contributed by atoms with E-state index in [-0.39, 0.29) is 10.8 Å². The Hall–Kier alpha value is -2.38. The zero-order chi connectivity index (χ0) is 18.3. The summed E-state index contributed by atoms with van der Waals surface area (Å²) in [6.45, 7) is 5.88. The summed E-state index contributed by atoms with van der Waals surface area (Å²) in [5.41, 5.74) is 1.83. The molecule has 0 aromatic heterocycles. The third kappa shape index (κ3) is 5.58. The zero-order valence-corrected chi connectivity index (χ0v) is 15.2. The molecule has 0 unspecified atom stereocenters. The minimum Gasteiger partial charge on any atom is -0.351 e. The summed E-state index contributed by atoms with van der Waals surface area (Å²) < 4.78 is 27.5. The number of benzene rings is 2. The Labute approximate surface area is 148 Å². The Kier molecular flexibility index (Phi) is 6.55. The fourth-order valence-corrected chi connectivity index (χ4v) is 3.29. The largest absolute Gasteiger partial charge is 0.351 e. The molecule has 1 amide bonds. The average molecular weight is 361 g/mol. The van der Waals surface area contributed by atoms with Crippen molar-refractivity contribution in [2.45, 2.75) is 18.7 Å². The average Bonchev–Trinajstić information content (AvgIpc) is 2.60. The van der Waals surface area contributed by atoms with Crippen molar-refractivity contribution in [2.24, 2.45) is 0 Å². The van der Waals surface area contributed by atoms with Crippen molar-refractivity contribution in [3.05, 3.63) is 59.7 Å².